The van der Waals surface area contributed by atoms with Gasteiger partial charge >= 0.3 is 0 Å². The van der Waals surface area contributed by atoms with Crippen molar-refractivity contribution in [3.63, 3.8) is 0 Å². The topological polar surface area (TPSA) is 50.9 Å². The smallest absolute Gasteiger partial charge is 0.0794 e. The number of hydrazine groups is 1. The van der Waals surface area contributed by atoms with Crippen LogP contribution < -0.4 is 11.3 Å². The van der Waals surface area contributed by atoms with E-state index in [1.807, 2.05) is 23.5 Å². The molecule has 94 valence electrons. The van der Waals surface area contributed by atoms with Gasteiger partial charge in [0.15, 0.2) is 0 Å². The molecular formula is C13H15N3S2. The highest BCUT2D eigenvalue weighted by atomic mass is 32.2. The second kappa shape index (κ2) is 5.40. The summed E-state index contributed by atoms with van der Waals surface area (Å²) in [6, 6.07) is 8.91. The Morgan fingerprint density at radius 1 is 1.44 bits per heavy atom. The first-order valence-corrected chi connectivity index (χ1v) is 7.71. The highest BCUT2D eigenvalue weighted by molar-refractivity contribution is 8.00. The summed E-state index contributed by atoms with van der Waals surface area (Å²) in [5.74, 6) is 5.72. The van der Waals surface area contributed by atoms with Gasteiger partial charge in [0, 0.05) is 33.7 Å². The Bertz CT molecular complexity index is 485. The lowest BCUT2D eigenvalue weighted by atomic mass is 10.0. The second-order valence-electron chi connectivity index (χ2n) is 4.41. The summed E-state index contributed by atoms with van der Waals surface area (Å²) in [4.78, 5) is 6.80. The molecule has 2 heterocycles. The number of thioether (sulfide) groups is 1. The van der Waals surface area contributed by atoms with Gasteiger partial charge in [0.05, 0.1) is 5.51 Å². The first kappa shape index (κ1) is 12.2. The molecule has 1 aliphatic rings. The van der Waals surface area contributed by atoms with Crippen molar-refractivity contribution < 1.29 is 0 Å². The molecule has 3 rings (SSSR count). The molecule has 0 radical (unpaired) electrons. The van der Waals surface area contributed by atoms with Crippen LogP contribution in [-0.2, 0) is 12.8 Å². The second-order valence-corrected chi connectivity index (χ2v) is 6.67. The highest BCUT2D eigenvalue weighted by Gasteiger charge is 2.29. The van der Waals surface area contributed by atoms with Gasteiger partial charge in [0.2, 0.25) is 0 Å². The third-order valence-electron chi connectivity index (χ3n) is 3.24. The number of rotatable bonds is 4. The molecule has 0 spiro atoms. The first-order valence-electron chi connectivity index (χ1n) is 5.95. The van der Waals surface area contributed by atoms with E-state index >= 15 is 0 Å². The summed E-state index contributed by atoms with van der Waals surface area (Å²) in [5.41, 5.74) is 6.29. The highest BCUT2D eigenvalue weighted by Crippen LogP contribution is 2.38. The maximum absolute atomic E-state index is 5.72. The molecule has 5 heteroatoms. The molecule has 0 amide bonds. The van der Waals surface area contributed by atoms with Gasteiger partial charge in [-0.2, -0.15) is 0 Å². The summed E-state index contributed by atoms with van der Waals surface area (Å²) in [7, 11) is 0. The van der Waals surface area contributed by atoms with E-state index in [-0.39, 0.29) is 0 Å². The van der Waals surface area contributed by atoms with Crippen LogP contribution in [0.3, 0.4) is 0 Å². The van der Waals surface area contributed by atoms with Gasteiger partial charge in [0.1, 0.15) is 0 Å². The van der Waals surface area contributed by atoms with Crippen molar-refractivity contribution in [1.82, 2.24) is 10.4 Å². The number of fused-ring (bicyclic) bond motifs is 1. The number of nitrogens with zero attached hydrogens (tertiary/aromatic N) is 1. The lowest BCUT2D eigenvalue weighted by Crippen LogP contribution is -2.43. The molecule has 0 bridgehead atoms. The van der Waals surface area contributed by atoms with Crippen LogP contribution in [0.4, 0.5) is 0 Å². The Morgan fingerprint density at radius 3 is 3.06 bits per heavy atom. The summed E-state index contributed by atoms with van der Waals surface area (Å²) in [6.45, 7) is 0. The van der Waals surface area contributed by atoms with Crippen molar-refractivity contribution in [1.29, 1.82) is 0 Å². The van der Waals surface area contributed by atoms with Gasteiger partial charge in [-0.25, -0.2) is 0 Å². The van der Waals surface area contributed by atoms with Gasteiger partial charge in [-0.3, -0.25) is 16.3 Å². The predicted molar refractivity (Wildman–Crippen MR) is 76.7 cm³/mol. The number of aromatic nitrogens is 1. The molecule has 2 unspecified atom stereocenters. The Kier molecular flexibility index (Phi) is 3.65. The van der Waals surface area contributed by atoms with Gasteiger partial charge in [-0.1, -0.05) is 18.2 Å². The fourth-order valence-electron chi connectivity index (χ4n) is 2.29. The summed E-state index contributed by atoms with van der Waals surface area (Å²) in [6.07, 6.45) is 3.98. The van der Waals surface area contributed by atoms with Crippen molar-refractivity contribution in [3.05, 3.63) is 46.4 Å². The average Bonchev–Trinajstić information content (AvgIpc) is 3.04. The van der Waals surface area contributed by atoms with Crippen LogP contribution in [-0.4, -0.2) is 16.3 Å². The summed E-state index contributed by atoms with van der Waals surface area (Å²) in [5, 5.41) is 0.509. The standard InChI is InChI=1S/C13H15N3S2/c14-16-11(6-10-7-15-8-17-10)13-5-9-3-1-2-4-12(9)18-13/h1-4,7-8,11,13,16H,5-6,14H2. The lowest BCUT2D eigenvalue weighted by Gasteiger charge is -2.21. The molecule has 0 aliphatic carbocycles. The van der Waals surface area contributed by atoms with Crippen LogP contribution >= 0.6 is 23.1 Å². The van der Waals surface area contributed by atoms with Crippen molar-refractivity contribution in [2.75, 3.05) is 0 Å². The minimum Gasteiger partial charge on any atom is -0.271 e. The molecule has 1 aromatic heterocycles. The zero-order valence-corrected chi connectivity index (χ0v) is 11.5. The normalized spacial score (nSPS) is 19.7. The van der Waals surface area contributed by atoms with Gasteiger partial charge < -0.3 is 0 Å². The molecule has 1 aliphatic heterocycles. The quantitative estimate of drug-likeness (QED) is 0.665. The molecule has 3 nitrogen and oxygen atoms in total. The van der Waals surface area contributed by atoms with E-state index in [0.717, 1.165) is 12.8 Å². The van der Waals surface area contributed by atoms with Crippen molar-refractivity contribution in [3.8, 4) is 0 Å². The molecule has 3 N–H and O–H groups in total. The molecule has 2 aromatic rings. The molecule has 2 atom stereocenters. The summed E-state index contributed by atoms with van der Waals surface area (Å²) >= 11 is 3.63. The van der Waals surface area contributed by atoms with Crippen molar-refractivity contribution in [2.45, 2.75) is 29.0 Å². The minimum atomic E-state index is 0.294. The molecule has 0 saturated heterocycles. The van der Waals surface area contributed by atoms with Crippen LogP contribution in [0.25, 0.3) is 0 Å². The van der Waals surface area contributed by atoms with Crippen molar-refractivity contribution >= 4 is 23.1 Å². The lowest BCUT2D eigenvalue weighted by molar-refractivity contribution is 0.509. The summed E-state index contributed by atoms with van der Waals surface area (Å²) < 4.78 is 0. The van der Waals surface area contributed by atoms with Crippen LogP contribution in [0.15, 0.2) is 40.9 Å². The predicted octanol–water partition coefficient (Wildman–Crippen LogP) is 2.23. The average molecular weight is 277 g/mol. The number of hydrogen-bond donors (Lipinski definition) is 2. The molecule has 18 heavy (non-hydrogen) atoms. The monoisotopic (exact) mass is 277 g/mol. The Hall–Kier alpha value is -0.880. The Balaban J connectivity index is 1.71. The molecule has 0 saturated carbocycles. The molecule has 0 fully saturated rings. The van der Waals surface area contributed by atoms with Crippen molar-refractivity contribution in [2.24, 2.45) is 5.84 Å². The van der Waals surface area contributed by atoms with E-state index in [1.54, 1.807) is 11.3 Å². The van der Waals surface area contributed by atoms with Gasteiger partial charge in [0.25, 0.3) is 0 Å². The van der Waals surface area contributed by atoms with Crippen LogP contribution in [0.5, 0.6) is 0 Å². The van der Waals surface area contributed by atoms with Crippen LogP contribution in [0, 0.1) is 0 Å². The van der Waals surface area contributed by atoms with E-state index in [2.05, 4.69) is 34.7 Å². The van der Waals surface area contributed by atoms with Crippen LogP contribution in [0.2, 0.25) is 0 Å². The first-order chi connectivity index (χ1) is 8.86. The molecule has 1 aromatic carbocycles. The number of nitrogens with two attached hydrogens (primary N) is 1. The van der Waals surface area contributed by atoms with E-state index in [9.17, 15) is 0 Å². The molecular weight excluding hydrogens is 262 g/mol. The largest absolute Gasteiger partial charge is 0.271 e. The van der Waals surface area contributed by atoms with Crippen LogP contribution in [0.1, 0.15) is 10.4 Å². The van der Waals surface area contributed by atoms with Gasteiger partial charge in [-0.05, 0) is 18.1 Å². The number of thiazole rings is 1. The number of benzene rings is 1. The Morgan fingerprint density at radius 2 is 2.33 bits per heavy atom. The van der Waals surface area contributed by atoms with E-state index < -0.39 is 0 Å². The zero-order valence-electron chi connectivity index (χ0n) is 9.87. The zero-order chi connectivity index (χ0) is 12.4. The van der Waals surface area contributed by atoms with Gasteiger partial charge in [-0.15, -0.1) is 23.1 Å². The maximum Gasteiger partial charge on any atom is 0.0794 e. The fourth-order valence-corrected chi connectivity index (χ4v) is 4.33. The minimum absolute atomic E-state index is 0.294. The fraction of sp³-hybridized carbons (Fsp3) is 0.308. The third kappa shape index (κ3) is 2.44. The third-order valence-corrected chi connectivity index (χ3v) is 5.49. The van der Waals surface area contributed by atoms with E-state index in [0.29, 0.717) is 11.3 Å². The van der Waals surface area contributed by atoms with E-state index in [4.69, 9.17) is 5.84 Å². The number of nitrogens with one attached hydrogen (secondary N) is 1. The SMILES string of the molecule is NNC(Cc1cncs1)C1Cc2ccccc2S1. The van der Waals surface area contributed by atoms with E-state index in [1.165, 1.54) is 15.3 Å². The Labute approximate surface area is 115 Å². The number of hydrogen-bond acceptors (Lipinski definition) is 5. The maximum atomic E-state index is 5.72.